The van der Waals surface area contributed by atoms with Gasteiger partial charge < -0.3 is 9.88 Å². The second-order valence-corrected chi connectivity index (χ2v) is 8.00. The molecule has 1 atom stereocenters. The summed E-state index contributed by atoms with van der Waals surface area (Å²) in [4.78, 5) is 37.1. The Kier molecular flexibility index (Phi) is 5.83. The lowest BCUT2D eigenvalue weighted by Crippen LogP contribution is -2.26. The van der Waals surface area contributed by atoms with Crippen LogP contribution in [0.15, 0.2) is 63.2 Å². The maximum absolute atomic E-state index is 14.7. The van der Waals surface area contributed by atoms with Crippen LogP contribution < -0.4 is 22.0 Å². The van der Waals surface area contributed by atoms with Gasteiger partial charge in [0.15, 0.2) is 5.82 Å². The van der Waals surface area contributed by atoms with Gasteiger partial charge in [-0.2, -0.15) is 18.3 Å². The molecule has 35 heavy (non-hydrogen) atoms. The van der Waals surface area contributed by atoms with Gasteiger partial charge in [0.1, 0.15) is 5.82 Å². The first-order valence-electron chi connectivity index (χ1n) is 10.3. The predicted molar refractivity (Wildman–Crippen MR) is 121 cm³/mol. The Balaban J connectivity index is 1.87. The molecule has 8 nitrogen and oxygen atoms in total. The van der Waals surface area contributed by atoms with Gasteiger partial charge in [-0.25, -0.2) is 9.07 Å². The van der Waals surface area contributed by atoms with Crippen LogP contribution in [0.2, 0.25) is 0 Å². The zero-order valence-electron chi connectivity index (χ0n) is 18.7. The van der Waals surface area contributed by atoms with Crippen LogP contribution in [0.5, 0.6) is 0 Å². The molecule has 3 aromatic heterocycles. The van der Waals surface area contributed by atoms with E-state index < -0.39 is 34.7 Å². The maximum Gasteiger partial charge on any atom is 0.419 e. The molecule has 0 saturated carbocycles. The molecule has 0 amide bonds. The van der Waals surface area contributed by atoms with Crippen molar-refractivity contribution in [1.29, 1.82) is 0 Å². The molecule has 182 valence electrons. The minimum atomic E-state index is -4.87. The van der Waals surface area contributed by atoms with Gasteiger partial charge in [-0.15, -0.1) is 0 Å². The summed E-state index contributed by atoms with van der Waals surface area (Å²) in [7, 11) is 2.86. The fourth-order valence-electron chi connectivity index (χ4n) is 3.74. The molecular formula is C23H19F4N5O3. The Labute approximate surface area is 194 Å². The molecule has 0 bridgehead atoms. The average molecular weight is 489 g/mol. The monoisotopic (exact) mass is 489 g/mol. The first-order chi connectivity index (χ1) is 16.4. The van der Waals surface area contributed by atoms with Crippen molar-refractivity contribution in [3.8, 4) is 5.69 Å². The Morgan fingerprint density at radius 1 is 0.971 bits per heavy atom. The standard InChI is InChI=1S/C23H19F4N5O3/c1-12(14-5-4-6-17(20(14)24)23(25,26)27)28-21-16-11-32(13-7-8-18(33)30(2)10-13)19(34)9-15(16)22(35)31(3)29-21/h4-12H,1-3H3,(H,28,29)/t12-/m1/s1. The lowest BCUT2D eigenvalue weighted by Gasteiger charge is -2.20. The first kappa shape index (κ1) is 23.9. The van der Waals surface area contributed by atoms with E-state index in [0.29, 0.717) is 11.8 Å². The van der Waals surface area contributed by atoms with Crippen molar-refractivity contribution < 1.29 is 17.6 Å². The third-order valence-electron chi connectivity index (χ3n) is 5.59. The predicted octanol–water partition coefficient (Wildman–Crippen LogP) is 3.11. The van der Waals surface area contributed by atoms with E-state index in [0.717, 1.165) is 16.8 Å². The minimum Gasteiger partial charge on any atom is -0.361 e. The summed E-state index contributed by atoms with van der Waals surface area (Å²) in [6, 6.07) is 5.78. The summed E-state index contributed by atoms with van der Waals surface area (Å²) in [5, 5.41) is 7.19. The van der Waals surface area contributed by atoms with E-state index in [1.807, 2.05) is 0 Å². The van der Waals surface area contributed by atoms with Crippen LogP contribution in [0.25, 0.3) is 16.5 Å². The topological polar surface area (TPSA) is 90.9 Å². The van der Waals surface area contributed by atoms with Crippen molar-refractivity contribution in [3.63, 3.8) is 0 Å². The summed E-state index contributed by atoms with van der Waals surface area (Å²) in [5.41, 5.74) is -2.74. The van der Waals surface area contributed by atoms with Crippen LogP contribution >= 0.6 is 0 Å². The number of pyridine rings is 2. The highest BCUT2D eigenvalue weighted by atomic mass is 19.4. The first-order valence-corrected chi connectivity index (χ1v) is 10.3. The van der Waals surface area contributed by atoms with Gasteiger partial charge in [0.05, 0.1) is 22.7 Å². The van der Waals surface area contributed by atoms with Gasteiger partial charge >= 0.3 is 6.18 Å². The van der Waals surface area contributed by atoms with E-state index in [1.54, 1.807) is 0 Å². The molecule has 4 aromatic rings. The van der Waals surface area contributed by atoms with Crippen molar-refractivity contribution in [2.75, 3.05) is 5.32 Å². The van der Waals surface area contributed by atoms with Crippen LogP contribution in [0.3, 0.4) is 0 Å². The van der Waals surface area contributed by atoms with Crippen LogP contribution in [0.1, 0.15) is 24.1 Å². The number of nitrogens with zero attached hydrogens (tertiary/aromatic N) is 4. The number of halogens is 4. The summed E-state index contributed by atoms with van der Waals surface area (Å²) in [6.45, 7) is 1.44. The van der Waals surface area contributed by atoms with Gasteiger partial charge in [-0.3, -0.25) is 19.0 Å². The lowest BCUT2D eigenvalue weighted by atomic mass is 10.0. The highest BCUT2D eigenvalue weighted by molar-refractivity contribution is 5.90. The van der Waals surface area contributed by atoms with Crippen LogP contribution in [-0.2, 0) is 20.3 Å². The second kappa shape index (κ2) is 8.53. The van der Waals surface area contributed by atoms with E-state index in [-0.39, 0.29) is 27.7 Å². The van der Waals surface area contributed by atoms with Crippen molar-refractivity contribution in [2.45, 2.75) is 19.1 Å². The molecule has 1 aromatic carbocycles. The number of fused-ring (bicyclic) bond motifs is 1. The lowest BCUT2D eigenvalue weighted by molar-refractivity contribution is -0.140. The van der Waals surface area contributed by atoms with Crippen LogP contribution in [0.4, 0.5) is 23.4 Å². The number of aryl methyl sites for hydroxylation is 2. The zero-order valence-corrected chi connectivity index (χ0v) is 18.7. The molecule has 4 rings (SSSR count). The van der Waals surface area contributed by atoms with Crippen molar-refractivity contribution >= 4 is 16.6 Å². The fourth-order valence-corrected chi connectivity index (χ4v) is 3.74. The molecule has 0 radical (unpaired) electrons. The van der Waals surface area contributed by atoms with Gasteiger partial charge in [0.25, 0.3) is 11.1 Å². The third-order valence-corrected chi connectivity index (χ3v) is 5.59. The summed E-state index contributed by atoms with van der Waals surface area (Å²) in [6.07, 6.45) is -2.10. The Bertz CT molecular complexity index is 1640. The maximum atomic E-state index is 14.7. The number of nitrogens with one attached hydrogen (secondary N) is 1. The molecule has 0 fully saturated rings. The largest absolute Gasteiger partial charge is 0.419 e. The highest BCUT2D eigenvalue weighted by Crippen LogP contribution is 2.34. The van der Waals surface area contributed by atoms with E-state index in [2.05, 4.69) is 10.4 Å². The van der Waals surface area contributed by atoms with Gasteiger partial charge in [0.2, 0.25) is 5.56 Å². The third kappa shape index (κ3) is 4.34. The van der Waals surface area contributed by atoms with Gasteiger partial charge in [-0.1, -0.05) is 12.1 Å². The molecule has 12 heteroatoms. The molecule has 0 unspecified atom stereocenters. The van der Waals surface area contributed by atoms with Gasteiger partial charge in [0, 0.05) is 49.6 Å². The van der Waals surface area contributed by atoms with E-state index in [1.165, 1.54) is 60.7 Å². The number of rotatable bonds is 4. The number of hydrogen-bond acceptors (Lipinski definition) is 5. The number of alkyl halides is 3. The van der Waals surface area contributed by atoms with Crippen molar-refractivity contribution in [2.24, 2.45) is 14.1 Å². The molecule has 0 aliphatic rings. The van der Waals surface area contributed by atoms with Gasteiger partial charge in [-0.05, 0) is 19.1 Å². The Morgan fingerprint density at radius 2 is 1.69 bits per heavy atom. The second-order valence-electron chi connectivity index (χ2n) is 8.00. The molecule has 0 spiro atoms. The molecule has 0 aliphatic carbocycles. The zero-order chi connectivity index (χ0) is 25.7. The molecule has 0 saturated heterocycles. The summed E-state index contributed by atoms with van der Waals surface area (Å²) in [5.74, 6) is -1.37. The SMILES string of the molecule is C[C@@H](Nc1nn(C)c(=O)c2cc(=O)n(-c3ccc(=O)n(C)c3)cc12)c1cccc(C(F)(F)F)c1F. The smallest absolute Gasteiger partial charge is 0.361 e. The molecule has 3 heterocycles. The fraction of sp³-hybridized carbons (Fsp3) is 0.217. The normalized spacial score (nSPS) is 12.7. The summed E-state index contributed by atoms with van der Waals surface area (Å²) < 4.78 is 57.6. The van der Waals surface area contributed by atoms with E-state index in [9.17, 15) is 31.9 Å². The molecular weight excluding hydrogens is 470 g/mol. The average Bonchev–Trinajstić information content (AvgIpc) is 2.78. The minimum absolute atomic E-state index is 0.00721. The van der Waals surface area contributed by atoms with E-state index >= 15 is 0 Å². The number of benzene rings is 1. The molecule has 0 aliphatic heterocycles. The summed E-state index contributed by atoms with van der Waals surface area (Å²) >= 11 is 0. The van der Waals surface area contributed by atoms with Crippen LogP contribution in [0, 0.1) is 5.82 Å². The Hall–Kier alpha value is -4.22. The van der Waals surface area contributed by atoms with Crippen molar-refractivity contribution in [1.82, 2.24) is 18.9 Å². The Morgan fingerprint density at radius 3 is 2.34 bits per heavy atom. The number of hydrogen-bond donors (Lipinski definition) is 1. The quantitative estimate of drug-likeness (QED) is 0.445. The van der Waals surface area contributed by atoms with Crippen molar-refractivity contribution in [3.05, 3.63) is 96.8 Å². The number of anilines is 1. The van der Waals surface area contributed by atoms with Crippen LogP contribution in [-0.4, -0.2) is 18.9 Å². The highest BCUT2D eigenvalue weighted by Gasteiger charge is 2.35. The van der Waals surface area contributed by atoms with E-state index in [4.69, 9.17) is 0 Å². The number of aromatic nitrogens is 4. The molecule has 1 N–H and O–H groups in total.